The minimum Gasteiger partial charge on any atom is -0.488 e. The van der Waals surface area contributed by atoms with Crippen molar-refractivity contribution < 1.29 is 19.1 Å². The van der Waals surface area contributed by atoms with Crippen molar-refractivity contribution in [2.24, 2.45) is 0 Å². The monoisotopic (exact) mass is 415 g/mol. The smallest absolute Gasteiger partial charge is 0.338 e. The van der Waals surface area contributed by atoms with E-state index in [1.54, 1.807) is 48.2 Å². The molecule has 144 valence electrons. The van der Waals surface area contributed by atoms with Gasteiger partial charge in [-0.15, -0.1) is 18.3 Å². The van der Waals surface area contributed by atoms with E-state index in [2.05, 4.69) is 11.9 Å². The zero-order valence-electron chi connectivity index (χ0n) is 14.9. The summed E-state index contributed by atoms with van der Waals surface area (Å²) in [6.07, 6.45) is 3.45. The van der Waals surface area contributed by atoms with E-state index in [0.29, 0.717) is 27.6 Å². The molecule has 1 amide bonds. The van der Waals surface area contributed by atoms with Crippen LogP contribution in [0.2, 0.25) is 5.02 Å². The topological polar surface area (TPSA) is 64.6 Å². The molecule has 0 saturated heterocycles. The van der Waals surface area contributed by atoms with Gasteiger partial charge >= 0.3 is 5.97 Å². The summed E-state index contributed by atoms with van der Waals surface area (Å²) in [7, 11) is 0. The number of fused-ring (bicyclic) bond motifs is 1. The lowest BCUT2D eigenvalue weighted by Gasteiger charge is -2.17. The minimum absolute atomic E-state index is 0.0795. The number of anilines is 1. The van der Waals surface area contributed by atoms with E-state index in [0.717, 1.165) is 10.6 Å². The first-order chi connectivity index (χ1) is 13.6. The Kier molecular flexibility index (Phi) is 6.79. The maximum atomic E-state index is 12.3. The number of carbonyl (C=O) groups is 2. The van der Waals surface area contributed by atoms with Gasteiger partial charge in [-0.3, -0.25) is 4.79 Å². The van der Waals surface area contributed by atoms with Crippen molar-refractivity contribution >= 4 is 47.0 Å². The molecule has 0 unspecified atom stereocenters. The lowest BCUT2D eigenvalue weighted by molar-refractivity contribution is -0.143. The van der Waals surface area contributed by atoms with Gasteiger partial charge in [-0.1, -0.05) is 29.8 Å². The number of rotatable bonds is 7. The van der Waals surface area contributed by atoms with E-state index in [-0.39, 0.29) is 13.2 Å². The minimum atomic E-state index is -0.602. The molecule has 3 rings (SSSR count). The van der Waals surface area contributed by atoms with Gasteiger partial charge in [0.1, 0.15) is 12.4 Å². The van der Waals surface area contributed by atoms with E-state index in [4.69, 9.17) is 21.1 Å². The average molecular weight is 416 g/mol. The van der Waals surface area contributed by atoms with Gasteiger partial charge in [0.2, 0.25) is 0 Å². The summed E-state index contributed by atoms with van der Waals surface area (Å²) in [5, 5.41) is 3.30. The first-order valence-corrected chi connectivity index (χ1v) is 9.86. The van der Waals surface area contributed by atoms with E-state index >= 15 is 0 Å². The zero-order valence-corrected chi connectivity index (χ0v) is 16.5. The summed E-state index contributed by atoms with van der Waals surface area (Å²) < 4.78 is 10.7. The van der Waals surface area contributed by atoms with Gasteiger partial charge in [0, 0.05) is 21.2 Å². The Labute approximate surface area is 172 Å². The van der Waals surface area contributed by atoms with Gasteiger partial charge in [0.15, 0.2) is 6.61 Å². The van der Waals surface area contributed by atoms with Crippen molar-refractivity contribution in [3.63, 3.8) is 0 Å². The second-order valence-electron chi connectivity index (χ2n) is 5.86. The highest BCUT2D eigenvalue weighted by Gasteiger charge is 2.20. The Balaban J connectivity index is 1.58. The summed E-state index contributed by atoms with van der Waals surface area (Å²) in [4.78, 5) is 25.4. The first-order valence-electron chi connectivity index (χ1n) is 8.49. The molecule has 1 N–H and O–H groups in total. The van der Waals surface area contributed by atoms with Crippen LogP contribution < -0.4 is 10.1 Å². The van der Waals surface area contributed by atoms with Crippen molar-refractivity contribution in [2.45, 2.75) is 4.90 Å². The molecule has 2 aromatic carbocycles. The van der Waals surface area contributed by atoms with E-state index in [1.807, 2.05) is 18.2 Å². The summed E-state index contributed by atoms with van der Waals surface area (Å²) in [5.41, 5.74) is 1.69. The van der Waals surface area contributed by atoms with E-state index in [9.17, 15) is 9.59 Å². The fourth-order valence-electron chi connectivity index (χ4n) is 2.52. The highest BCUT2D eigenvalue weighted by Crippen LogP contribution is 2.29. The van der Waals surface area contributed by atoms with Crippen LogP contribution in [0.4, 0.5) is 5.69 Å². The van der Waals surface area contributed by atoms with Crippen molar-refractivity contribution in [1.82, 2.24) is 0 Å². The van der Waals surface area contributed by atoms with Crippen LogP contribution in [0.5, 0.6) is 5.75 Å². The molecule has 0 fully saturated rings. The number of halogens is 1. The number of ether oxygens (including phenoxy) is 2. The molecule has 0 bridgehead atoms. The van der Waals surface area contributed by atoms with Crippen LogP contribution in [0.15, 0.2) is 65.6 Å². The Morgan fingerprint density at radius 3 is 2.93 bits per heavy atom. The molecule has 1 aliphatic rings. The van der Waals surface area contributed by atoms with E-state index in [1.165, 1.54) is 0 Å². The van der Waals surface area contributed by atoms with Gasteiger partial charge in [0.05, 0.1) is 11.3 Å². The summed E-state index contributed by atoms with van der Waals surface area (Å²) in [6.45, 7) is 3.38. The normalized spacial score (nSPS) is 12.2. The SMILES string of the molecule is C=CCSc1ccccc1NC(=O)COC(=O)C1=Cc2cc(Cl)ccc2OC1. The summed E-state index contributed by atoms with van der Waals surface area (Å²) >= 11 is 7.52. The van der Waals surface area contributed by atoms with Gasteiger partial charge in [-0.2, -0.15) is 0 Å². The van der Waals surface area contributed by atoms with Crippen LogP contribution in [0.1, 0.15) is 5.56 Å². The van der Waals surface area contributed by atoms with Crippen LogP contribution >= 0.6 is 23.4 Å². The number of thioether (sulfide) groups is 1. The maximum absolute atomic E-state index is 12.3. The molecule has 0 aliphatic carbocycles. The number of esters is 1. The predicted molar refractivity (Wildman–Crippen MR) is 112 cm³/mol. The molecule has 7 heteroatoms. The summed E-state index contributed by atoms with van der Waals surface area (Å²) in [6, 6.07) is 12.6. The van der Waals surface area contributed by atoms with Crippen molar-refractivity contribution in [2.75, 3.05) is 24.3 Å². The van der Waals surface area contributed by atoms with Crippen LogP contribution in [0.25, 0.3) is 6.08 Å². The molecule has 28 heavy (non-hydrogen) atoms. The van der Waals surface area contributed by atoms with Crippen molar-refractivity contribution in [3.05, 3.63) is 71.3 Å². The third kappa shape index (κ3) is 5.18. The van der Waals surface area contributed by atoms with Crippen molar-refractivity contribution in [1.29, 1.82) is 0 Å². The number of nitrogens with one attached hydrogen (secondary N) is 1. The van der Waals surface area contributed by atoms with Crippen LogP contribution in [-0.4, -0.2) is 30.8 Å². The Hall–Kier alpha value is -2.70. The number of benzene rings is 2. The van der Waals surface area contributed by atoms with Gasteiger partial charge < -0.3 is 14.8 Å². The van der Waals surface area contributed by atoms with Gasteiger partial charge in [-0.05, 0) is 36.4 Å². The Morgan fingerprint density at radius 1 is 1.29 bits per heavy atom. The second kappa shape index (κ2) is 9.48. The molecule has 0 saturated carbocycles. The molecule has 0 aromatic heterocycles. The van der Waals surface area contributed by atoms with Crippen LogP contribution in [-0.2, 0) is 14.3 Å². The van der Waals surface area contributed by atoms with Crippen molar-refractivity contribution in [3.8, 4) is 5.75 Å². The number of hydrogen-bond donors (Lipinski definition) is 1. The number of amides is 1. The first kappa shape index (κ1) is 20.0. The maximum Gasteiger partial charge on any atom is 0.338 e. The Morgan fingerprint density at radius 2 is 2.11 bits per heavy atom. The fraction of sp³-hybridized carbons (Fsp3) is 0.143. The van der Waals surface area contributed by atoms with Gasteiger partial charge in [0.25, 0.3) is 5.91 Å². The molecule has 0 radical (unpaired) electrons. The highest BCUT2D eigenvalue weighted by atomic mass is 35.5. The fourth-order valence-corrected chi connectivity index (χ4v) is 3.45. The molecule has 2 aromatic rings. The number of hydrogen-bond acceptors (Lipinski definition) is 5. The largest absolute Gasteiger partial charge is 0.488 e. The third-order valence-corrected chi connectivity index (χ3v) is 5.10. The predicted octanol–water partition coefficient (Wildman–Crippen LogP) is 4.58. The molecule has 1 heterocycles. The van der Waals surface area contributed by atoms with Gasteiger partial charge in [-0.25, -0.2) is 4.79 Å². The Bertz CT molecular complexity index is 942. The highest BCUT2D eigenvalue weighted by molar-refractivity contribution is 7.99. The quantitative estimate of drug-likeness (QED) is 0.407. The van der Waals surface area contributed by atoms with Crippen LogP contribution in [0.3, 0.4) is 0 Å². The summed E-state index contributed by atoms with van der Waals surface area (Å²) in [5.74, 6) is 0.352. The lowest BCUT2D eigenvalue weighted by atomic mass is 10.1. The van der Waals surface area contributed by atoms with Crippen LogP contribution in [0, 0.1) is 0 Å². The third-order valence-electron chi connectivity index (χ3n) is 3.80. The lowest BCUT2D eigenvalue weighted by Crippen LogP contribution is -2.24. The molecular weight excluding hydrogens is 398 g/mol. The number of para-hydroxylation sites is 1. The van der Waals surface area contributed by atoms with E-state index < -0.39 is 11.9 Å². The average Bonchev–Trinajstić information content (AvgIpc) is 2.70. The molecule has 0 spiro atoms. The zero-order chi connectivity index (χ0) is 19.9. The molecular formula is C21H18ClNO4S. The second-order valence-corrected chi connectivity index (χ2v) is 7.36. The molecule has 1 aliphatic heterocycles. The molecule has 5 nitrogen and oxygen atoms in total. The standard InChI is InChI=1S/C21H18ClNO4S/c1-2-9-28-19-6-4-3-5-17(19)23-20(24)13-27-21(25)15-10-14-11-16(22)7-8-18(14)26-12-15/h2-8,10-11H,1,9,12-13H2,(H,23,24). The number of carbonyl (C=O) groups excluding carboxylic acids is 2. The molecule has 0 atom stereocenters.